The fourth-order valence-corrected chi connectivity index (χ4v) is 3.44. The van der Waals surface area contributed by atoms with Crippen molar-refractivity contribution in [3.8, 4) is 0 Å². The first-order valence-corrected chi connectivity index (χ1v) is 8.13. The van der Waals surface area contributed by atoms with Crippen LogP contribution in [0, 0.1) is 5.92 Å². The van der Waals surface area contributed by atoms with Gasteiger partial charge in [0.15, 0.2) is 0 Å². The highest BCUT2D eigenvalue weighted by molar-refractivity contribution is 9.10. The lowest BCUT2D eigenvalue weighted by Gasteiger charge is -2.27. The van der Waals surface area contributed by atoms with Gasteiger partial charge in [0.05, 0.1) is 0 Å². The Balaban J connectivity index is 2.04. The summed E-state index contributed by atoms with van der Waals surface area (Å²) in [5.74, 6) is 1.41. The molecule has 1 atom stereocenters. The van der Waals surface area contributed by atoms with Crippen molar-refractivity contribution in [2.75, 3.05) is 26.3 Å². The number of benzene rings is 1. The minimum absolute atomic E-state index is 0.596. The fraction of sp³-hybridized carbons (Fsp3) is 0.625. The first kappa shape index (κ1) is 15.0. The second-order valence-corrected chi connectivity index (χ2v) is 6.17. The molecule has 0 amide bonds. The molecule has 0 saturated carbocycles. The average Bonchev–Trinajstić information content (AvgIpc) is 2.45. The number of hydrogen-bond donors (Lipinski definition) is 1. The van der Waals surface area contributed by atoms with Crippen LogP contribution in [0.4, 0.5) is 0 Å². The van der Waals surface area contributed by atoms with Gasteiger partial charge < -0.3 is 10.1 Å². The second kappa shape index (κ2) is 8.03. The van der Waals surface area contributed by atoms with Crippen molar-refractivity contribution in [1.82, 2.24) is 5.32 Å². The van der Waals surface area contributed by atoms with E-state index in [9.17, 15) is 0 Å². The molecule has 1 aliphatic heterocycles. The Labute approximate surface area is 125 Å². The van der Waals surface area contributed by atoms with E-state index in [1.807, 2.05) is 0 Å². The SMILES string of the molecule is CCNCC(CC1CCOCC1)c1ccccc1Br. The normalized spacial score (nSPS) is 18.4. The molecule has 1 N–H and O–H groups in total. The maximum Gasteiger partial charge on any atom is 0.0468 e. The molecule has 0 spiro atoms. The van der Waals surface area contributed by atoms with Crippen molar-refractivity contribution in [2.24, 2.45) is 5.92 Å². The highest BCUT2D eigenvalue weighted by Crippen LogP contribution is 2.32. The molecule has 1 unspecified atom stereocenters. The van der Waals surface area contributed by atoms with Crippen molar-refractivity contribution < 1.29 is 4.74 Å². The third-order valence-corrected chi connectivity index (χ3v) is 4.67. The van der Waals surface area contributed by atoms with Crippen LogP contribution in [0.1, 0.15) is 37.7 Å². The lowest BCUT2D eigenvalue weighted by atomic mass is 9.85. The van der Waals surface area contributed by atoms with E-state index in [0.29, 0.717) is 5.92 Å². The second-order valence-electron chi connectivity index (χ2n) is 5.32. The number of likely N-dealkylation sites (N-methyl/N-ethyl adjacent to an activating group) is 1. The summed E-state index contributed by atoms with van der Waals surface area (Å²) in [6, 6.07) is 8.64. The molecule has 19 heavy (non-hydrogen) atoms. The number of nitrogens with one attached hydrogen (secondary N) is 1. The van der Waals surface area contributed by atoms with E-state index in [4.69, 9.17) is 4.74 Å². The summed E-state index contributed by atoms with van der Waals surface area (Å²) in [5.41, 5.74) is 1.44. The number of ether oxygens (including phenoxy) is 1. The number of rotatable bonds is 6. The molecule has 0 aliphatic carbocycles. The van der Waals surface area contributed by atoms with E-state index in [-0.39, 0.29) is 0 Å². The molecular weight excluding hydrogens is 302 g/mol. The summed E-state index contributed by atoms with van der Waals surface area (Å²) in [6.45, 7) is 6.15. The highest BCUT2D eigenvalue weighted by Gasteiger charge is 2.21. The minimum atomic E-state index is 0.596. The van der Waals surface area contributed by atoms with Crippen LogP contribution in [0.25, 0.3) is 0 Å². The maximum atomic E-state index is 5.47. The van der Waals surface area contributed by atoms with Gasteiger partial charge in [0.25, 0.3) is 0 Å². The van der Waals surface area contributed by atoms with Crippen molar-refractivity contribution in [3.63, 3.8) is 0 Å². The third-order valence-electron chi connectivity index (χ3n) is 3.94. The molecule has 1 aromatic rings. The van der Waals surface area contributed by atoms with Crippen LogP contribution in [-0.2, 0) is 4.74 Å². The molecule has 1 aromatic carbocycles. The topological polar surface area (TPSA) is 21.3 Å². The van der Waals surface area contributed by atoms with Crippen LogP contribution in [0.3, 0.4) is 0 Å². The van der Waals surface area contributed by atoms with E-state index >= 15 is 0 Å². The summed E-state index contributed by atoms with van der Waals surface area (Å²) < 4.78 is 6.71. The van der Waals surface area contributed by atoms with Crippen molar-refractivity contribution in [2.45, 2.75) is 32.1 Å². The predicted octanol–water partition coefficient (Wildman–Crippen LogP) is 3.96. The van der Waals surface area contributed by atoms with E-state index in [1.165, 1.54) is 29.3 Å². The molecule has 106 valence electrons. The number of halogens is 1. The van der Waals surface area contributed by atoms with Crippen molar-refractivity contribution >= 4 is 15.9 Å². The Kier molecular flexibility index (Phi) is 6.35. The Morgan fingerprint density at radius 1 is 1.32 bits per heavy atom. The van der Waals surface area contributed by atoms with Gasteiger partial charge in [0, 0.05) is 24.2 Å². The summed E-state index contributed by atoms with van der Waals surface area (Å²) >= 11 is 3.70. The van der Waals surface area contributed by atoms with Crippen LogP contribution in [0.5, 0.6) is 0 Å². The van der Waals surface area contributed by atoms with E-state index in [1.54, 1.807) is 0 Å². The average molecular weight is 326 g/mol. The van der Waals surface area contributed by atoms with Gasteiger partial charge >= 0.3 is 0 Å². The molecule has 1 fully saturated rings. The van der Waals surface area contributed by atoms with Crippen LogP contribution < -0.4 is 5.32 Å². The van der Waals surface area contributed by atoms with Gasteiger partial charge in [-0.2, -0.15) is 0 Å². The molecular formula is C16H24BrNO. The van der Waals surface area contributed by atoms with Crippen molar-refractivity contribution in [3.05, 3.63) is 34.3 Å². The van der Waals surface area contributed by atoms with Crippen LogP contribution in [0.15, 0.2) is 28.7 Å². The summed E-state index contributed by atoms with van der Waals surface area (Å²) in [5, 5.41) is 3.51. The summed E-state index contributed by atoms with van der Waals surface area (Å²) in [4.78, 5) is 0. The van der Waals surface area contributed by atoms with Crippen molar-refractivity contribution in [1.29, 1.82) is 0 Å². The zero-order chi connectivity index (χ0) is 13.5. The minimum Gasteiger partial charge on any atom is -0.381 e. The molecule has 1 heterocycles. The zero-order valence-corrected chi connectivity index (χ0v) is 13.3. The summed E-state index contributed by atoms with van der Waals surface area (Å²) in [7, 11) is 0. The summed E-state index contributed by atoms with van der Waals surface area (Å²) in [6.07, 6.45) is 3.69. The quantitative estimate of drug-likeness (QED) is 0.854. The molecule has 1 saturated heterocycles. The van der Waals surface area contributed by atoms with Gasteiger partial charge in [-0.1, -0.05) is 41.1 Å². The molecule has 2 rings (SSSR count). The Bertz CT molecular complexity index is 377. The lowest BCUT2D eigenvalue weighted by molar-refractivity contribution is 0.0616. The first-order valence-electron chi connectivity index (χ1n) is 7.34. The van der Waals surface area contributed by atoms with Gasteiger partial charge in [-0.25, -0.2) is 0 Å². The lowest BCUT2D eigenvalue weighted by Crippen LogP contribution is -2.25. The molecule has 0 aromatic heterocycles. The Morgan fingerprint density at radius 3 is 2.74 bits per heavy atom. The van der Waals surface area contributed by atoms with E-state index in [0.717, 1.165) is 32.2 Å². The monoisotopic (exact) mass is 325 g/mol. The molecule has 0 bridgehead atoms. The maximum absolute atomic E-state index is 5.47. The van der Waals surface area contributed by atoms with Gasteiger partial charge in [-0.15, -0.1) is 0 Å². The molecule has 2 nitrogen and oxygen atoms in total. The van der Waals surface area contributed by atoms with Gasteiger partial charge in [-0.05, 0) is 49.3 Å². The van der Waals surface area contributed by atoms with Crippen LogP contribution in [0.2, 0.25) is 0 Å². The van der Waals surface area contributed by atoms with E-state index < -0.39 is 0 Å². The standard InChI is InChI=1S/C16H24BrNO/c1-2-18-12-14(11-13-7-9-19-10-8-13)15-5-3-4-6-16(15)17/h3-6,13-14,18H,2,7-12H2,1H3. The fourth-order valence-electron chi connectivity index (χ4n) is 2.83. The predicted molar refractivity (Wildman–Crippen MR) is 83.6 cm³/mol. The smallest absolute Gasteiger partial charge is 0.0468 e. The molecule has 0 radical (unpaired) electrons. The first-order chi connectivity index (χ1) is 9.31. The largest absolute Gasteiger partial charge is 0.381 e. The van der Waals surface area contributed by atoms with Gasteiger partial charge in [0.2, 0.25) is 0 Å². The van der Waals surface area contributed by atoms with Crippen LogP contribution in [-0.4, -0.2) is 26.3 Å². The molecule has 1 aliphatic rings. The van der Waals surface area contributed by atoms with E-state index in [2.05, 4.69) is 52.4 Å². The van der Waals surface area contributed by atoms with Crippen LogP contribution >= 0.6 is 15.9 Å². The number of hydrogen-bond acceptors (Lipinski definition) is 2. The third kappa shape index (κ3) is 4.59. The Hall–Kier alpha value is -0.380. The van der Waals surface area contributed by atoms with Gasteiger partial charge in [0.1, 0.15) is 0 Å². The molecule has 3 heteroatoms. The van der Waals surface area contributed by atoms with Gasteiger partial charge in [-0.3, -0.25) is 0 Å². The highest BCUT2D eigenvalue weighted by atomic mass is 79.9. The Morgan fingerprint density at radius 2 is 2.05 bits per heavy atom. The zero-order valence-electron chi connectivity index (χ0n) is 11.7.